The van der Waals surface area contributed by atoms with Crippen molar-refractivity contribution in [3.8, 4) is 16.9 Å². The fourth-order valence-electron chi connectivity index (χ4n) is 1.76. The van der Waals surface area contributed by atoms with E-state index in [9.17, 15) is 0 Å². The Bertz CT molecular complexity index is 676. The lowest BCUT2D eigenvalue weighted by atomic mass is 10.1. The average molecular weight is 252 g/mol. The molecule has 3 N–H and O–H groups in total. The summed E-state index contributed by atoms with van der Waals surface area (Å²) in [5.74, 6) is 6.41. The first-order valence-corrected chi connectivity index (χ1v) is 5.76. The van der Waals surface area contributed by atoms with Gasteiger partial charge in [-0.2, -0.15) is 5.10 Å². The van der Waals surface area contributed by atoms with Crippen LogP contribution in [0.15, 0.2) is 55.1 Å². The van der Waals surface area contributed by atoms with E-state index in [4.69, 9.17) is 5.84 Å². The van der Waals surface area contributed by atoms with Crippen LogP contribution in [0, 0.1) is 0 Å². The van der Waals surface area contributed by atoms with Gasteiger partial charge in [-0.25, -0.2) is 15.5 Å². The average Bonchev–Trinajstić information content (AvgIpc) is 2.98. The van der Waals surface area contributed by atoms with Crippen molar-refractivity contribution in [3.63, 3.8) is 0 Å². The van der Waals surface area contributed by atoms with Crippen LogP contribution in [0.2, 0.25) is 0 Å². The zero-order chi connectivity index (χ0) is 13.1. The number of nitrogens with two attached hydrogens (primary N) is 1. The molecular formula is C13H12N6. The van der Waals surface area contributed by atoms with Crippen molar-refractivity contribution in [3.05, 3.63) is 55.1 Å². The number of aromatic nitrogens is 4. The summed E-state index contributed by atoms with van der Waals surface area (Å²) in [4.78, 5) is 8.32. The number of hydrogen-bond donors (Lipinski definition) is 2. The normalized spacial score (nSPS) is 10.4. The third-order valence-corrected chi connectivity index (χ3v) is 2.69. The first-order valence-electron chi connectivity index (χ1n) is 5.76. The standard InChI is InChI=1S/C13H12N6/c14-18-12-7-15-8-13(17-12)19-9-11(6-16-19)10-4-2-1-3-5-10/h1-9H,14H2,(H,17,18). The first kappa shape index (κ1) is 11.4. The van der Waals surface area contributed by atoms with Gasteiger partial charge in [0.15, 0.2) is 11.6 Å². The zero-order valence-electron chi connectivity index (χ0n) is 10.1. The van der Waals surface area contributed by atoms with Crippen molar-refractivity contribution in [1.82, 2.24) is 19.7 Å². The highest BCUT2D eigenvalue weighted by Crippen LogP contribution is 2.19. The molecule has 0 bridgehead atoms. The van der Waals surface area contributed by atoms with E-state index in [1.807, 2.05) is 36.5 Å². The van der Waals surface area contributed by atoms with Crippen LogP contribution in [0.5, 0.6) is 0 Å². The predicted molar refractivity (Wildman–Crippen MR) is 72.4 cm³/mol. The molecule has 0 spiro atoms. The predicted octanol–water partition coefficient (Wildman–Crippen LogP) is 1.61. The van der Waals surface area contributed by atoms with Crippen molar-refractivity contribution in [1.29, 1.82) is 0 Å². The number of anilines is 1. The van der Waals surface area contributed by atoms with E-state index < -0.39 is 0 Å². The monoisotopic (exact) mass is 252 g/mol. The highest BCUT2D eigenvalue weighted by Gasteiger charge is 2.05. The van der Waals surface area contributed by atoms with Gasteiger partial charge in [0.25, 0.3) is 0 Å². The summed E-state index contributed by atoms with van der Waals surface area (Å²) < 4.78 is 1.66. The summed E-state index contributed by atoms with van der Waals surface area (Å²) in [5, 5.41) is 4.28. The van der Waals surface area contributed by atoms with Gasteiger partial charge in [-0.15, -0.1) is 0 Å². The van der Waals surface area contributed by atoms with Gasteiger partial charge < -0.3 is 5.43 Å². The maximum absolute atomic E-state index is 5.31. The van der Waals surface area contributed by atoms with Gasteiger partial charge in [0.1, 0.15) is 0 Å². The van der Waals surface area contributed by atoms with Crippen LogP contribution in [0.3, 0.4) is 0 Å². The van der Waals surface area contributed by atoms with Crippen LogP contribution < -0.4 is 11.3 Å². The fourth-order valence-corrected chi connectivity index (χ4v) is 1.76. The van der Waals surface area contributed by atoms with E-state index >= 15 is 0 Å². The maximum Gasteiger partial charge on any atom is 0.174 e. The molecule has 0 atom stereocenters. The Kier molecular flexibility index (Phi) is 2.91. The van der Waals surface area contributed by atoms with Gasteiger partial charge in [-0.1, -0.05) is 30.3 Å². The molecule has 6 heteroatoms. The molecule has 0 saturated carbocycles. The molecule has 3 rings (SSSR count). The Balaban J connectivity index is 1.97. The molecule has 94 valence electrons. The Hall–Kier alpha value is -2.73. The molecule has 0 radical (unpaired) electrons. The molecule has 1 aromatic carbocycles. The van der Waals surface area contributed by atoms with Crippen molar-refractivity contribution < 1.29 is 0 Å². The second-order valence-electron chi connectivity index (χ2n) is 3.95. The molecule has 19 heavy (non-hydrogen) atoms. The van der Waals surface area contributed by atoms with E-state index in [0.29, 0.717) is 11.6 Å². The van der Waals surface area contributed by atoms with Gasteiger partial charge in [0.2, 0.25) is 0 Å². The van der Waals surface area contributed by atoms with E-state index in [-0.39, 0.29) is 0 Å². The van der Waals surface area contributed by atoms with E-state index in [0.717, 1.165) is 11.1 Å². The molecule has 0 saturated heterocycles. The van der Waals surface area contributed by atoms with Crippen LogP contribution >= 0.6 is 0 Å². The number of nitrogens with one attached hydrogen (secondary N) is 1. The molecule has 0 unspecified atom stereocenters. The molecule has 0 aliphatic rings. The highest BCUT2D eigenvalue weighted by molar-refractivity contribution is 5.61. The van der Waals surface area contributed by atoms with Gasteiger partial charge in [-0.3, -0.25) is 4.98 Å². The number of nitrogen functional groups attached to an aromatic ring is 1. The summed E-state index contributed by atoms with van der Waals surface area (Å²) >= 11 is 0. The molecule has 2 heterocycles. The third-order valence-electron chi connectivity index (χ3n) is 2.69. The Morgan fingerprint density at radius 3 is 2.63 bits per heavy atom. The summed E-state index contributed by atoms with van der Waals surface area (Å²) in [7, 11) is 0. The first-order chi connectivity index (χ1) is 9.36. The van der Waals surface area contributed by atoms with Gasteiger partial charge in [0.05, 0.1) is 18.6 Å². The minimum Gasteiger partial charge on any atom is -0.307 e. The van der Waals surface area contributed by atoms with Crippen LogP contribution in [0.25, 0.3) is 16.9 Å². The summed E-state index contributed by atoms with van der Waals surface area (Å²) in [5.41, 5.74) is 4.59. The van der Waals surface area contributed by atoms with Gasteiger partial charge in [-0.05, 0) is 5.56 Å². The van der Waals surface area contributed by atoms with E-state index in [2.05, 4.69) is 20.5 Å². The van der Waals surface area contributed by atoms with Crippen LogP contribution in [-0.4, -0.2) is 19.7 Å². The summed E-state index contributed by atoms with van der Waals surface area (Å²) in [6.45, 7) is 0. The Morgan fingerprint density at radius 1 is 1.00 bits per heavy atom. The number of hydrogen-bond acceptors (Lipinski definition) is 5. The van der Waals surface area contributed by atoms with Crippen molar-refractivity contribution in [2.45, 2.75) is 0 Å². The fraction of sp³-hybridized carbons (Fsp3) is 0. The molecule has 0 aliphatic carbocycles. The maximum atomic E-state index is 5.31. The van der Waals surface area contributed by atoms with Gasteiger partial charge >= 0.3 is 0 Å². The third kappa shape index (κ3) is 2.29. The minimum absolute atomic E-state index is 0.495. The van der Waals surface area contributed by atoms with E-state index in [1.165, 1.54) is 0 Å². The van der Waals surface area contributed by atoms with Crippen LogP contribution in [0.1, 0.15) is 0 Å². The smallest absolute Gasteiger partial charge is 0.174 e. The molecule has 0 fully saturated rings. The van der Waals surface area contributed by atoms with Crippen LogP contribution in [-0.2, 0) is 0 Å². The lowest BCUT2D eigenvalue weighted by molar-refractivity contribution is 0.838. The number of nitrogens with zero attached hydrogens (tertiary/aromatic N) is 4. The largest absolute Gasteiger partial charge is 0.307 e. The molecule has 0 amide bonds. The number of hydrazine groups is 1. The molecular weight excluding hydrogens is 240 g/mol. The van der Waals surface area contributed by atoms with Crippen molar-refractivity contribution >= 4 is 5.82 Å². The van der Waals surface area contributed by atoms with E-state index in [1.54, 1.807) is 23.3 Å². The Labute approximate surface area is 109 Å². The summed E-state index contributed by atoms with van der Waals surface area (Å²) in [6.07, 6.45) is 6.87. The molecule has 6 nitrogen and oxygen atoms in total. The molecule has 3 aromatic rings. The topological polar surface area (TPSA) is 81.6 Å². The van der Waals surface area contributed by atoms with Crippen LogP contribution in [0.4, 0.5) is 5.82 Å². The Morgan fingerprint density at radius 2 is 1.84 bits per heavy atom. The quantitative estimate of drug-likeness (QED) is 0.546. The second kappa shape index (κ2) is 4.87. The molecule has 2 aromatic heterocycles. The highest BCUT2D eigenvalue weighted by atomic mass is 15.3. The van der Waals surface area contributed by atoms with Gasteiger partial charge in [0, 0.05) is 11.8 Å². The number of benzene rings is 1. The van der Waals surface area contributed by atoms with Crippen molar-refractivity contribution in [2.75, 3.05) is 5.43 Å². The summed E-state index contributed by atoms with van der Waals surface area (Å²) in [6, 6.07) is 10.0. The number of rotatable bonds is 3. The minimum atomic E-state index is 0.495. The lowest BCUT2D eigenvalue weighted by Gasteiger charge is -2.02. The van der Waals surface area contributed by atoms with Crippen molar-refractivity contribution in [2.24, 2.45) is 5.84 Å². The second-order valence-corrected chi connectivity index (χ2v) is 3.95. The molecule has 0 aliphatic heterocycles. The zero-order valence-corrected chi connectivity index (χ0v) is 10.1. The SMILES string of the molecule is NNc1cncc(-n2cc(-c3ccccc3)cn2)n1. The lowest BCUT2D eigenvalue weighted by Crippen LogP contribution is -2.10.